The predicted octanol–water partition coefficient (Wildman–Crippen LogP) is 3.14. The Balaban J connectivity index is 2.50. The van der Waals surface area contributed by atoms with Gasteiger partial charge in [-0.05, 0) is 18.2 Å². The largest absolute Gasteiger partial charge is 0.507 e. The van der Waals surface area contributed by atoms with Crippen molar-refractivity contribution >= 4 is 17.9 Å². The van der Waals surface area contributed by atoms with Crippen molar-refractivity contribution in [2.75, 3.05) is 7.11 Å². The first kappa shape index (κ1) is 12.9. The number of methoxy groups -OCH3 is 1. The number of benzene rings is 2. The Bertz CT molecular complexity index is 615. The van der Waals surface area contributed by atoms with E-state index in [1.165, 1.54) is 0 Å². The number of carbonyl (C=O) groups excluding carboxylic acids is 1. The number of carbonyl (C=O) groups is 1. The summed E-state index contributed by atoms with van der Waals surface area (Å²) in [4.78, 5) is 11.2. The van der Waals surface area contributed by atoms with Crippen LogP contribution in [-0.4, -0.2) is 18.5 Å². The maximum Gasteiger partial charge on any atom is 0.150 e. The zero-order valence-corrected chi connectivity index (χ0v) is 10.5. The lowest BCUT2D eigenvalue weighted by atomic mass is 10.0. The summed E-state index contributed by atoms with van der Waals surface area (Å²) in [6.45, 7) is 0. The Hall–Kier alpha value is -2.55. The Kier molecular flexibility index (Phi) is 3.98. The van der Waals surface area contributed by atoms with Gasteiger partial charge in [0, 0.05) is 16.7 Å². The van der Waals surface area contributed by atoms with Gasteiger partial charge in [0.2, 0.25) is 0 Å². The van der Waals surface area contributed by atoms with Gasteiger partial charge >= 0.3 is 0 Å². The molecule has 0 atom stereocenters. The highest BCUT2D eigenvalue weighted by Gasteiger charge is 2.07. The monoisotopic (exact) mass is 254 g/mol. The van der Waals surface area contributed by atoms with Gasteiger partial charge < -0.3 is 9.84 Å². The molecule has 0 heterocycles. The quantitative estimate of drug-likeness (QED) is 0.518. The third-order valence-electron chi connectivity index (χ3n) is 2.79. The molecule has 0 saturated carbocycles. The fraction of sp³-hybridized carbons (Fsp3) is 0.0625. The van der Waals surface area contributed by atoms with E-state index >= 15 is 0 Å². The number of hydrogen-bond donors (Lipinski definition) is 1. The Morgan fingerprint density at radius 2 is 1.79 bits per heavy atom. The molecule has 1 N–H and O–H groups in total. The number of phenolic OH excluding ortho intramolecular Hbond substituents is 1. The van der Waals surface area contributed by atoms with Crippen molar-refractivity contribution in [2.24, 2.45) is 0 Å². The van der Waals surface area contributed by atoms with Crippen molar-refractivity contribution in [2.45, 2.75) is 0 Å². The van der Waals surface area contributed by atoms with Crippen molar-refractivity contribution in [1.29, 1.82) is 0 Å². The lowest BCUT2D eigenvalue weighted by Crippen LogP contribution is -1.90. The number of ether oxygens (including phenoxy) is 1. The summed E-state index contributed by atoms with van der Waals surface area (Å²) in [5.41, 5.74) is 1.70. The average molecular weight is 254 g/mol. The van der Waals surface area contributed by atoms with E-state index in [1.807, 2.05) is 24.3 Å². The summed E-state index contributed by atoms with van der Waals surface area (Å²) in [6, 6.07) is 14.1. The minimum absolute atomic E-state index is 0.0794. The lowest BCUT2D eigenvalue weighted by molar-refractivity contribution is -0.103. The van der Waals surface area contributed by atoms with E-state index in [0.29, 0.717) is 16.9 Å². The van der Waals surface area contributed by atoms with Crippen LogP contribution in [0.4, 0.5) is 0 Å². The van der Waals surface area contributed by atoms with Gasteiger partial charge in [0.15, 0.2) is 6.29 Å². The third kappa shape index (κ3) is 2.83. The van der Waals surface area contributed by atoms with Crippen LogP contribution < -0.4 is 4.74 Å². The first-order valence-corrected chi connectivity index (χ1v) is 5.84. The molecular formula is C16H14O3. The molecule has 0 aromatic heterocycles. The molecular weight excluding hydrogens is 240 g/mol. The summed E-state index contributed by atoms with van der Waals surface area (Å²) in [5.74, 6) is 0.757. The molecule has 0 aliphatic carbocycles. The summed E-state index contributed by atoms with van der Waals surface area (Å²) in [7, 11) is 1.58. The zero-order valence-electron chi connectivity index (χ0n) is 10.5. The van der Waals surface area contributed by atoms with Gasteiger partial charge in [0.1, 0.15) is 11.5 Å². The molecule has 0 unspecified atom stereocenters. The number of phenols is 1. The van der Waals surface area contributed by atoms with Crippen LogP contribution in [0.5, 0.6) is 11.5 Å². The molecule has 0 bridgehead atoms. The molecule has 0 saturated heterocycles. The van der Waals surface area contributed by atoms with Crippen LogP contribution in [0.3, 0.4) is 0 Å². The second-order valence-corrected chi connectivity index (χ2v) is 3.98. The van der Waals surface area contributed by atoms with Crippen molar-refractivity contribution in [3.63, 3.8) is 0 Å². The highest BCUT2D eigenvalue weighted by atomic mass is 16.5. The van der Waals surface area contributed by atoms with Crippen LogP contribution in [0.1, 0.15) is 11.1 Å². The van der Waals surface area contributed by atoms with Crippen LogP contribution in [-0.2, 0) is 4.79 Å². The van der Waals surface area contributed by atoms with Crippen molar-refractivity contribution in [1.82, 2.24) is 0 Å². The Labute approximate surface area is 111 Å². The zero-order chi connectivity index (χ0) is 13.7. The number of aromatic hydroxyl groups is 1. The minimum atomic E-state index is 0.0794. The standard InChI is InChI=1S/C16H14O3/c1-19-16-9-5-2-6-12(16)10-13(11-17)14-7-3-4-8-15(14)18/h2-11,18H,1H3. The van der Waals surface area contributed by atoms with Gasteiger partial charge in [-0.3, -0.25) is 4.79 Å². The van der Waals surface area contributed by atoms with E-state index in [9.17, 15) is 9.90 Å². The molecule has 0 fully saturated rings. The summed E-state index contributed by atoms with van der Waals surface area (Å²) in [6.07, 6.45) is 2.42. The fourth-order valence-corrected chi connectivity index (χ4v) is 1.85. The minimum Gasteiger partial charge on any atom is -0.507 e. The van der Waals surface area contributed by atoms with Crippen molar-refractivity contribution in [3.05, 3.63) is 59.7 Å². The van der Waals surface area contributed by atoms with Crippen molar-refractivity contribution < 1.29 is 14.6 Å². The summed E-state index contributed by atoms with van der Waals surface area (Å²) in [5, 5.41) is 9.79. The van der Waals surface area contributed by atoms with Gasteiger partial charge in [0.05, 0.1) is 7.11 Å². The predicted molar refractivity (Wildman–Crippen MR) is 75.0 cm³/mol. The maximum absolute atomic E-state index is 11.2. The van der Waals surface area contributed by atoms with E-state index in [-0.39, 0.29) is 5.75 Å². The van der Waals surface area contributed by atoms with Gasteiger partial charge in [-0.2, -0.15) is 0 Å². The average Bonchev–Trinajstić information content (AvgIpc) is 2.46. The van der Waals surface area contributed by atoms with E-state index < -0.39 is 0 Å². The molecule has 19 heavy (non-hydrogen) atoms. The number of aldehydes is 1. The topological polar surface area (TPSA) is 46.5 Å². The van der Waals surface area contributed by atoms with Gasteiger partial charge in [-0.1, -0.05) is 36.4 Å². The number of hydrogen-bond acceptors (Lipinski definition) is 3. The van der Waals surface area contributed by atoms with Crippen LogP contribution in [0.2, 0.25) is 0 Å². The highest BCUT2D eigenvalue weighted by molar-refractivity contribution is 6.14. The first-order chi connectivity index (χ1) is 9.26. The van der Waals surface area contributed by atoms with Crippen molar-refractivity contribution in [3.8, 4) is 11.5 Å². The van der Waals surface area contributed by atoms with Crippen LogP contribution in [0, 0.1) is 0 Å². The summed E-state index contributed by atoms with van der Waals surface area (Å²) >= 11 is 0. The van der Waals surface area contributed by atoms with E-state index in [1.54, 1.807) is 37.5 Å². The molecule has 3 nitrogen and oxygen atoms in total. The lowest BCUT2D eigenvalue weighted by Gasteiger charge is -2.07. The molecule has 0 aliphatic rings. The molecule has 0 aliphatic heterocycles. The third-order valence-corrected chi connectivity index (χ3v) is 2.79. The van der Waals surface area contributed by atoms with Gasteiger partial charge in [0.25, 0.3) is 0 Å². The van der Waals surface area contributed by atoms with E-state index in [2.05, 4.69) is 0 Å². The fourth-order valence-electron chi connectivity index (χ4n) is 1.85. The number of rotatable bonds is 4. The van der Waals surface area contributed by atoms with Crippen LogP contribution in [0.15, 0.2) is 48.5 Å². The number of para-hydroxylation sites is 2. The Morgan fingerprint density at radius 3 is 2.47 bits per heavy atom. The van der Waals surface area contributed by atoms with Crippen LogP contribution >= 0.6 is 0 Å². The number of allylic oxidation sites excluding steroid dienone is 1. The summed E-state index contributed by atoms with van der Waals surface area (Å²) < 4.78 is 5.23. The second kappa shape index (κ2) is 5.87. The normalized spacial score (nSPS) is 11.1. The molecule has 0 spiro atoms. The van der Waals surface area contributed by atoms with Gasteiger partial charge in [-0.15, -0.1) is 0 Å². The van der Waals surface area contributed by atoms with Crippen LogP contribution in [0.25, 0.3) is 11.6 Å². The van der Waals surface area contributed by atoms with E-state index in [0.717, 1.165) is 11.8 Å². The molecule has 0 radical (unpaired) electrons. The molecule has 96 valence electrons. The molecule has 3 heteroatoms. The second-order valence-electron chi connectivity index (χ2n) is 3.98. The molecule has 2 aromatic rings. The molecule has 0 amide bonds. The first-order valence-electron chi connectivity index (χ1n) is 5.84. The smallest absolute Gasteiger partial charge is 0.150 e. The SMILES string of the molecule is COc1ccccc1C=C(C=O)c1ccccc1O. The Morgan fingerprint density at radius 1 is 1.11 bits per heavy atom. The maximum atomic E-state index is 11.2. The molecule has 2 aromatic carbocycles. The van der Waals surface area contributed by atoms with E-state index in [4.69, 9.17) is 4.74 Å². The highest BCUT2D eigenvalue weighted by Crippen LogP contribution is 2.27. The molecule has 2 rings (SSSR count). The van der Waals surface area contributed by atoms with Gasteiger partial charge in [-0.25, -0.2) is 0 Å².